The summed E-state index contributed by atoms with van der Waals surface area (Å²) in [4.78, 5) is 31.9. The molecule has 3 N–H and O–H groups in total. The number of hydrogen-bond acceptors (Lipinski definition) is 10. The number of ether oxygens (including phenoxy) is 1. The van der Waals surface area contributed by atoms with Gasteiger partial charge in [-0.2, -0.15) is 4.98 Å². The van der Waals surface area contributed by atoms with Crippen LogP contribution in [0.1, 0.15) is 34.6 Å². The Hall–Kier alpha value is -3.54. The maximum atomic E-state index is 13.0. The summed E-state index contributed by atoms with van der Waals surface area (Å²) >= 11 is 6.23. The highest BCUT2D eigenvalue weighted by Crippen LogP contribution is 2.28. The lowest BCUT2D eigenvalue weighted by Gasteiger charge is -2.25. The van der Waals surface area contributed by atoms with E-state index in [1.807, 2.05) is 4.90 Å². The van der Waals surface area contributed by atoms with Crippen LogP contribution in [0, 0.1) is 0 Å². The monoisotopic (exact) mass is 499 g/mol. The number of hydroxylamine groups is 1. The van der Waals surface area contributed by atoms with Gasteiger partial charge >= 0.3 is 0 Å². The Bertz CT molecular complexity index is 1170. The number of aliphatic hydroxyl groups excluding tert-OH is 1. The maximum absolute atomic E-state index is 13.0. The van der Waals surface area contributed by atoms with Crippen LogP contribution in [-0.4, -0.2) is 62.5 Å². The fraction of sp³-hybridized carbons (Fsp3) is 0.348. The van der Waals surface area contributed by atoms with Crippen LogP contribution in [0.4, 0.5) is 11.8 Å². The van der Waals surface area contributed by atoms with Crippen molar-refractivity contribution in [2.45, 2.75) is 32.0 Å². The topological polar surface area (TPSA) is 137 Å². The minimum Gasteiger partial charge on any atom is -0.495 e. The van der Waals surface area contributed by atoms with Crippen LogP contribution >= 0.6 is 11.6 Å². The molecule has 0 spiro atoms. The van der Waals surface area contributed by atoms with Crippen molar-refractivity contribution in [1.29, 1.82) is 0 Å². The average Bonchev–Trinajstić information content (AvgIpc) is 3.37. The molecule has 35 heavy (non-hydrogen) atoms. The number of nitrogens with one attached hydrogen (secondary N) is 1. The summed E-state index contributed by atoms with van der Waals surface area (Å²) < 4.78 is 5.18. The van der Waals surface area contributed by atoms with Crippen LogP contribution in [0.3, 0.4) is 0 Å². The molecule has 0 aliphatic carbocycles. The normalized spacial score (nSPS) is 15.2. The molecule has 3 aromatic rings. The van der Waals surface area contributed by atoms with Crippen molar-refractivity contribution >= 4 is 29.3 Å². The first-order valence-corrected chi connectivity index (χ1v) is 11.5. The van der Waals surface area contributed by atoms with E-state index < -0.39 is 5.91 Å². The predicted molar refractivity (Wildman–Crippen MR) is 129 cm³/mol. The van der Waals surface area contributed by atoms with Crippen molar-refractivity contribution in [2.24, 2.45) is 0 Å². The van der Waals surface area contributed by atoms with Gasteiger partial charge in [-0.25, -0.2) is 20.0 Å². The van der Waals surface area contributed by atoms with Gasteiger partial charge in [0.05, 0.1) is 37.9 Å². The van der Waals surface area contributed by atoms with E-state index in [0.717, 1.165) is 17.9 Å². The third kappa shape index (κ3) is 5.76. The molecular weight excluding hydrogens is 474 g/mol. The lowest BCUT2D eigenvalue weighted by atomic mass is 10.2. The van der Waals surface area contributed by atoms with Crippen LogP contribution in [0.5, 0.6) is 5.75 Å². The van der Waals surface area contributed by atoms with Gasteiger partial charge in [0.1, 0.15) is 17.1 Å². The standard InChI is InChI=1S/C23H26ClN7O4/c1-35-19-6-5-15(10-18(19)24)13-31(34)21-17(22(33)27-12-20-25-7-3-8-26-20)11-28-23(29-21)30-9-2-4-16(30)14-32/h3,5-8,10-11,16,32,34H,2,4,9,12-14H2,1H3,(H,27,33)/t16-/m0/s1. The Morgan fingerprint density at radius 1 is 1.31 bits per heavy atom. The molecule has 1 aliphatic rings. The Balaban J connectivity index is 1.62. The van der Waals surface area contributed by atoms with E-state index in [0.29, 0.717) is 34.7 Å². The number of hydrogen-bond donors (Lipinski definition) is 3. The molecule has 1 atom stereocenters. The Morgan fingerprint density at radius 3 is 2.83 bits per heavy atom. The number of aliphatic hydroxyl groups is 1. The third-order valence-electron chi connectivity index (χ3n) is 5.66. The second-order valence-corrected chi connectivity index (χ2v) is 8.36. The third-order valence-corrected chi connectivity index (χ3v) is 5.96. The van der Waals surface area contributed by atoms with Crippen LogP contribution in [0.15, 0.2) is 42.9 Å². The number of halogens is 1. The number of amides is 1. The Labute approximate surface area is 207 Å². The van der Waals surface area contributed by atoms with Gasteiger partial charge in [0.25, 0.3) is 5.91 Å². The molecule has 1 amide bonds. The van der Waals surface area contributed by atoms with E-state index >= 15 is 0 Å². The fourth-order valence-electron chi connectivity index (χ4n) is 3.88. The fourth-order valence-corrected chi connectivity index (χ4v) is 4.16. The zero-order chi connectivity index (χ0) is 24.8. The number of carbonyl (C=O) groups is 1. The molecule has 0 saturated carbocycles. The lowest BCUT2D eigenvalue weighted by molar-refractivity contribution is 0.0947. The number of methoxy groups -OCH3 is 1. The molecule has 1 aromatic carbocycles. The minimum atomic E-state index is -0.494. The van der Waals surface area contributed by atoms with Crippen LogP contribution in [0.2, 0.25) is 5.02 Å². The van der Waals surface area contributed by atoms with Gasteiger partial charge in [0.2, 0.25) is 5.95 Å². The van der Waals surface area contributed by atoms with Gasteiger partial charge in [0, 0.05) is 25.1 Å². The largest absolute Gasteiger partial charge is 0.495 e. The number of carbonyl (C=O) groups excluding carboxylic acids is 1. The van der Waals surface area contributed by atoms with Crippen molar-refractivity contribution in [2.75, 3.05) is 30.2 Å². The summed E-state index contributed by atoms with van der Waals surface area (Å²) in [6.45, 7) is 0.733. The van der Waals surface area contributed by atoms with Crippen molar-refractivity contribution in [3.63, 3.8) is 0 Å². The summed E-state index contributed by atoms with van der Waals surface area (Å²) in [5.74, 6) is 0.808. The Morgan fingerprint density at radius 2 is 2.11 bits per heavy atom. The summed E-state index contributed by atoms with van der Waals surface area (Å²) in [7, 11) is 1.52. The zero-order valence-electron chi connectivity index (χ0n) is 19.1. The highest BCUT2D eigenvalue weighted by molar-refractivity contribution is 6.32. The minimum absolute atomic E-state index is 0.00563. The van der Waals surface area contributed by atoms with Gasteiger partial charge in [-0.3, -0.25) is 10.0 Å². The highest BCUT2D eigenvalue weighted by atomic mass is 35.5. The van der Waals surface area contributed by atoms with Crippen molar-refractivity contribution in [3.05, 3.63) is 64.8 Å². The Kier molecular flexibility index (Phi) is 7.91. The van der Waals surface area contributed by atoms with Gasteiger partial charge < -0.3 is 20.1 Å². The zero-order valence-corrected chi connectivity index (χ0v) is 19.9. The molecule has 1 aliphatic heterocycles. The molecule has 2 aromatic heterocycles. The second-order valence-electron chi connectivity index (χ2n) is 7.95. The van der Waals surface area contributed by atoms with Gasteiger partial charge in [-0.1, -0.05) is 17.7 Å². The van der Waals surface area contributed by atoms with E-state index in [2.05, 4.69) is 25.3 Å². The van der Waals surface area contributed by atoms with Crippen molar-refractivity contribution in [3.8, 4) is 5.75 Å². The van der Waals surface area contributed by atoms with E-state index in [4.69, 9.17) is 16.3 Å². The number of anilines is 2. The number of benzene rings is 1. The quantitative estimate of drug-likeness (QED) is 0.376. The summed E-state index contributed by atoms with van der Waals surface area (Å²) in [5, 5.41) is 24.7. The molecule has 12 heteroatoms. The molecule has 0 bridgehead atoms. The lowest BCUT2D eigenvalue weighted by Crippen LogP contribution is -2.35. The van der Waals surface area contributed by atoms with E-state index in [1.165, 1.54) is 13.3 Å². The van der Waals surface area contributed by atoms with Gasteiger partial charge in [0.15, 0.2) is 5.82 Å². The molecule has 4 rings (SSSR count). The van der Waals surface area contributed by atoms with Crippen LogP contribution in [0.25, 0.3) is 0 Å². The summed E-state index contributed by atoms with van der Waals surface area (Å²) in [6.07, 6.45) is 6.23. The molecule has 0 radical (unpaired) electrons. The van der Waals surface area contributed by atoms with E-state index in [9.17, 15) is 15.1 Å². The number of rotatable bonds is 9. The highest BCUT2D eigenvalue weighted by Gasteiger charge is 2.28. The summed E-state index contributed by atoms with van der Waals surface area (Å²) in [5.41, 5.74) is 0.753. The second kappa shape index (κ2) is 11.3. The SMILES string of the molecule is COc1ccc(CN(O)c2nc(N3CCC[C@H]3CO)ncc2C(=O)NCc2ncccn2)cc1Cl. The molecule has 3 heterocycles. The van der Waals surface area contributed by atoms with E-state index in [-0.39, 0.29) is 37.1 Å². The predicted octanol–water partition coefficient (Wildman–Crippen LogP) is 2.22. The van der Waals surface area contributed by atoms with Crippen molar-refractivity contribution < 1.29 is 19.8 Å². The molecule has 0 unspecified atom stereocenters. The molecule has 11 nitrogen and oxygen atoms in total. The molecule has 1 saturated heterocycles. The average molecular weight is 500 g/mol. The smallest absolute Gasteiger partial charge is 0.257 e. The first kappa shape index (κ1) is 24.6. The maximum Gasteiger partial charge on any atom is 0.257 e. The molecular formula is C23H26ClN7O4. The number of aromatic nitrogens is 4. The molecule has 1 fully saturated rings. The van der Waals surface area contributed by atoms with Crippen LogP contribution < -0.4 is 20.0 Å². The van der Waals surface area contributed by atoms with E-state index in [1.54, 1.807) is 36.7 Å². The summed E-state index contributed by atoms with van der Waals surface area (Å²) in [6, 6.07) is 6.68. The first-order chi connectivity index (χ1) is 17.0. The van der Waals surface area contributed by atoms with Gasteiger partial charge in [-0.15, -0.1) is 0 Å². The number of nitrogens with zero attached hydrogens (tertiary/aromatic N) is 6. The van der Waals surface area contributed by atoms with Gasteiger partial charge in [-0.05, 0) is 36.6 Å². The molecule has 184 valence electrons. The van der Waals surface area contributed by atoms with Crippen molar-refractivity contribution in [1.82, 2.24) is 25.3 Å². The van der Waals surface area contributed by atoms with Crippen LogP contribution in [-0.2, 0) is 13.1 Å². The first-order valence-electron chi connectivity index (χ1n) is 11.1.